The molecule has 0 aliphatic carbocycles. The Morgan fingerprint density at radius 2 is 1.90 bits per heavy atom. The highest BCUT2D eigenvalue weighted by Crippen LogP contribution is 2.41. The maximum atomic E-state index is 13.4. The third-order valence-electron chi connectivity index (χ3n) is 6.24. The fraction of sp³-hybridized carbons (Fsp3) is 0.591. The van der Waals surface area contributed by atoms with Gasteiger partial charge in [-0.2, -0.15) is 0 Å². The molecule has 1 aromatic rings. The Labute approximate surface area is 171 Å². The predicted octanol–water partition coefficient (Wildman–Crippen LogP) is 2.13. The second kappa shape index (κ2) is 8.95. The van der Waals surface area contributed by atoms with Gasteiger partial charge in [0.25, 0.3) is 0 Å². The molecule has 1 aromatic carbocycles. The van der Waals surface area contributed by atoms with E-state index in [9.17, 15) is 14.4 Å². The van der Waals surface area contributed by atoms with Crippen molar-refractivity contribution in [2.75, 3.05) is 34.4 Å². The van der Waals surface area contributed by atoms with E-state index in [1.54, 1.807) is 38.5 Å². The first-order chi connectivity index (χ1) is 13.9. The lowest BCUT2D eigenvalue weighted by molar-refractivity contribution is -0.143. The Kier molecular flexibility index (Phi) is 6.57. The molecule has 2 atom stereocenters. The van der Waals surface area contributed by atoms with Crippen molar-refractivity contribution in [3.8, 4) is 5.75 Å². The largest absolute Gasteiger partial charge is 0.497 e. The van der Waals surface area contributed by atoms with E-state index in [1.165, 1.54) is 7.05 Å². The average Bonchev–Trinajstić information content (AvgIpc) is 2.96. The molecule has 0 N–H and O–H groups in total. The van der Waals surface area contributed by atoms with Crippen molar-refractivity contribution in [2.45, 2.75) is 50.0 Å². The number of piperidine rings is 1. The molecule has 2 aliphatic rings. The van der Waals surface area contributed by atoms with Gasteiger partial charge in [-0.15, -0.1) is 0 Å². The molecule has 158 valence electrons. The van der Waals surface area contributed by atoms with Gasteiger partial charge in [0, 0.05) is 46.2 Å². The molecule has 2 aliphatic heterocycles. The van der Waals surface area contributed by atoms with E-state index < -0.39 is 5.41 Å². The summed E-state index contributed by atoms with van der Waals surface area (Å²) in [5.74, 6) is 0.0220. The molecule has 2 fully saturated rings. The SMILES string of the molecule is COCC[C@H]1CCCCN1C(=O)C[C@]1(c2ccc(OC)cc2)CC(=O)N(C)C1=O. The van der Waals surface area contributed by atoms with Crippen molar-refractivity contribution in [2.24, 2.45) is 0 Å². The van der Waals surface area contributed by atoms with Crippen LogP contribution in [0.4, 0.5) is 0 Å². The molecule has 2 saturated heterocycles. The number of benzene rings is 1. The standard InChI is InChI=1S/C22H30N2O5/c1-23-19(25)14-22(21(23)27,16-7-9-18(29-3)10-8-16)15-20(26)24-12-5-4-6-17(24)11-13-28-2/h7-10,17H,4-6,11-15H2,1-3H3/t17-,22+/m1/s1. The molecule has 0 bridgehead atoms. The van der Waals surface area contributed by atoms with Gasteiger partial charge in [0.2, 0.25) is 17.7 Å². The van der Waals surface area contributed by atoms with Gasteiger partial charge in [-0.25, -0.2) is 0 Å². The molecule has 7 heteroatoms. The van der Waals surface area contributed by atoms with Crippen LogP contribution in [0.1, 0.15) is 44.1 Å². The fourth-order valence-electron chi connectivity index (χ4n) is 4.51. The molecule has 3 amide bonds. The normalized spacial score (nSPS) is 24.9. The molecular formula is C22H30N2O5. The van der Waals surface area contributed by atoms with Crippen LogP contribution >= 0.6 is 0 Å². The van der Waals surface area contributed by atoms with Crippen molar-refractivity contribution in [3.05, 3.63) is 29.8 Å². The summed E-state index contributed by atoms with van der Waals surface area (Å²) >= 11 is 0. The number of rotatable bonds is 7. The van der Waals surface area contributed by atoms with E-state index in [-0.39, 0.29) is 36.6 Å². The zero-order valence-corrected chi connectivity index (χ0v) is 17.5. The first-order valence-electron chi connectivity index (χ1n) is 10.2. The van der Waals surface area contributed by atoms with Crippen molar-refractivity contribution >= 4 is 17.7 Å². The summed E-state index contributed by atoms with van der Waals surface area (Å²) in [5, 5.41) is 0. The van der Waals surface area contributed by atoms with E-state index in [0.29, 0.717) is 24.5 Å². The quantitative estimate of drug-likeness (QED) is 0.653. The van der Waals surface area contributed by atoms with E-state index >= 15 is 0 Å². The minimum atomic E-state index is -1.15. The Hall–Kier alpha value is -2.41. The summed E-state index contributed by atoms with van der Waals surface area (Å²) in [5.41, 5.74) is -0.474. The van der Waals surface area contributed by atoms with Gasteiger partial charge in [0.15, 0.2) is 0 Å². The second-order valence-electron chi connectivity index (χ2n) is 7.94. The summed E-state index contributed by atoms with van der Waals surface area (Å²) in [6, 6.07) is 7.22. The predicted molar refractivity (Wildman–Crippen MR) is 108 cm³/mol. The number of imide groups is 1. The molecule has 0 spiro atoms. The van der Waals surface area contributed by atoms with E-state index in [4.69, 9.17) is 9.47 Å². The molecule has 0 unspecified atom stereocenters. The number of carbonyl (C=O) groups is 3. The molecule has 0 aromatic heterocycles. The van der Waals surface area contributed by atoms with Crippen LogP contribution in [0, 0.1) is 0 Å². The average molecular weight is 402 g/mol. The van der Waals surface area contributed by atoms with Crippen LogP contribution in [0.5, 0.6) is 5.75 Å². The molecule has 0 saturated carbocycles. The third kappa shape index (κ3) is 4.15. The van der Waals surface area contributed by atoms with Crippen LogP contribution in [0.2, 0.25) is 0 Å². The number of carbonyl (C=O) groups excluding carboxylic acids is 3. The Bertz CT molecular complexity index is 763. The maximum Gasteiger partial charge on any atom is 0.240 e. The van der Waals surface area contributed by atoms with Gasteiger partial charge >= 0.3 is 0 Å². The minimum absolute atomic E-state index is 0.00226. The van der Waals surface area contributed by atoms with Gasteiger partial charge in [-0.3, -0.25) is 19.3 Å². The number of likely N-dealkylation sites (N-methyl/N-ethyl adjacent to an activating group) is 1. The summed E-state index contributed by atoms with van der Waals surface area (Å²) in [6.07, 6.45) is 3.77. The smallest absolute Gasteiger partial charge is 0.240 e. The molecule has 7 nitrogen and oxygen atoms in total. The number of hydrogen-bond donors (Lipinski definition) is 0. The Balaban J connectivity index is 1.89. The number of likely N-dealkylation sites (tertiary alicyclic amines) is 2. The van der Waals surface area contributed by atoms with Crippen LogP contribution in [0.25, 0.3) is 0 Å². The van der Waals surface area contributed by atoms with Crippen LogP contribution in [-0.4, -0.2) is 68.0 Å². The zero-order chi connectivity index (χ0) is 21.0. The number of ether oxygens (including phenoxy) is 2. The lowest BCUT2D eigenvalue weighted by atomic mass is 9.75. The van der Waals surface area contributed by atoms with Crippen molar-refractivity contribution in [1.82, 2.24) is 9.80 Å². The van der Waals surface area contributed by atoms with Gasteiger partial charge < -0.3 is 14.4 Å². The maximum absolute atomic E-state index is 13.4. The molecular weight excluding hydrogens is 372 g/mol. The number of methoxy groups -OCH3 is 2. The topological polar surface area (TPSA) is 76.2 Å². The van der Waals surface area contributed by atoms with Crippen molar-refractivity contribution in [3.63, 3.8) is 0 Å². The van der Waals surface area contributed by atoms with Gasteiger partial charge in [-0.1, -0.05) is 12.1 Å². The Morgan fingerprint density at radius 3 is 2.48 bits per heavy atom. The monoisotopic (exact) mass is 402 g/mol. The molecule has 0 radical (unpaired) electrons. The first kappa shape index (κ1) is 21.3. The third-order valence-corrected chi connectivity index (χ3v) is 6.24. The number of nitrogens with zero attached hydrogens (tertiary/aromatic N) is 2. The summed E-state index contributed by atoms with van der Waals surface area (Å²) < 4.78 is 10.4. The second-order valence-corrected chi connectivity index (χ2v) is 7.94. The van der Waals surface area contributed by atoms with E-state index in [0.717, 1.165) is 30.6 Å². The van der Waals surface area contributed by atoms with E-state index in [2.05, 4.69) is 0 Å². The molecule has 3 rings (SSSR count). The summed E-state index contributed by atoms with van der Waals surface area (Å²) in [7, 11) is 4.72. The minimum Gasteiger partial charge on any atom is -0.497 e. The van der Waals surface area contributed by atoms with Crippen LogP contribution in [0.15, 0.2) is 24.3 Å². The highest BCUT2D eigenvalue weighted by atomic mass is 16.5. The lowest BCUT2D eigenvalue weighted by Gasteiger charge is -2.38. The van der Waals surface area contributed by atoms with Gasteiger partial charge in [0.05, 0.1) is 12.5 Å². The first-order valence-corrected chi connectivity index (χ1v) is 10.2. The van der Waals surface area contributed by atoms with Gasteiger partial charge in [-0.05, 0) is 43.4 Å². The lowest BCUT2D eigenvalue weighted by Crippen LogP contribution is -2.48. The van der Waals surface area contributed by atoms with Crippen LogP contribution in [-0.2, 0) is 24.5 Å². The van der Waals surface area contributed by atoms with Crippen molar-refractivity contribution < 1.29 is 23.9 Å². The molecule has 2 heterocycles. The summed E-state index contributed by atoms with van der Waals surface area (Å²) in [4.78, 5) is 42.0. The van der Waals surface area contributed by atoms with E-state index in [1.807, 2.05) is 4.90 Å². The van der Waals surface area contributed by atoms with Crippen LogP contribution in [0.3, 0.4) is 0 Å². The zero-order valence-electron chi connectivity index (χ0n) is 17.5. The van der Waals surface area contributed by atoms with Crippen LogP contribution < -0.4 is 4.74 Å². The van der Waals surface area contributed by atoms with Crippen molar-refractivity contribution in [1.29, 1.82) is 0 Å². The highest BCUT2D eigenvalue weighted by Gasteiger charge is 2.53. The Morgan fingerprint density at radius 1 is 1.17 bits per heavy atom. The highest BCUT2D eigenvalue weighted by molar-refractivity contribution is 6.10. The summed E-state index contributed by atoms with van der Waals surface area (Å²) in [6.45, 7) is 1.28. The fourth-order valence-corrected chi connectivity index (χ4v) is 4.51. The number of hydrogen-bond acceptors (Lipinski definition) is 5. The van der Waals surface area contributed by atoms with Gasteiger partial charge in [0.1, 0.15) is 5.75 Å². The molecule has 29 heavy (non-hydrogen) atoms. The number of amides is 3.